The van der Waals surface area contributed by atoms with Gasteiger partial charge in [-0.15, -0.1) is 0 Å². The minimum Gasteiger partial charge on any atom is -0.378 e. The van der Waals surface area contributed by atoms with E-state index < -0.39 is 0 Å². The summed E-state index contributed by atoms with van der Waals surface area (Å²) in [5.41, 5.74) is 0. The van der Waals surface area contributed by atoms with Crippen LogP contribution in [0.3, 0.4) is 0 Å². The Kier molecular flexibility index (Phi) is 10.3. The monoisotopic (exact) mass is 298 g/mol. The van der Waals surface area contributed by atoms with E-state index in [2.05, 4.69) is 37.9 Å². The van der Waals surface area contributed by atoms with Gasteiger partial charge in [-0.25, -0.2) is 0 Å². The van der Waals surface area contributed by atoms with E-state index in [1.165, 1.54) is 51.7 Å². The van der Waals surface area contributed by atoms with Crippen molar-refractivity contribution in [3.63, 3.8) is 0 Å². The molecule has 1 heterocycles. The lowest BCUT2D eigenvalue weighted by atomic mass is 10.1. The largest absolute Gasteiger partial charge is 0.378 e. The van der Waals surface area contributed by atoms with Crippen LogP contribution in [-0.2, 0) is 4.74 Å². The maximum absolute atomic E-state index is 6.02. The van der Waals surface area contributed by atoms with Gasteiger partial charge in [0, 0.05) is 13.2 Å². The summed E-state index contributed by atoms with van der Waals surface area (Å²) in [5.74, 6) is 1.61. The average molecular weight is 299 g/mol. The maximum Gasteiger partial charge on any atom is 0.0599 e. The number of hydrogen-bond acceptors (Lipinski definition) is 3. The average Bonchev–Trinajstić information content (AvgIpc) is 2.46. The number of nitrogens with one attached hydrogen (secondary N) is 1. The van der Waals surface area contributed by atoms with Crippen LogP contribution in [-0.4, -0.2) is 50.3 Å². The molecule has 1 aliphatic heterocycles. The van der Waals surface area contributed by atoms with E-state index in [4.69, 9.17) is 4.74 Å². The van der Waals surface area contributed by atoms with Crippen molar-refractivity contribution in [2.24, 2.45) is 11.8 Å². The summed E-state index contributed by atoms with van der Waals surface area (Å²) in [6.07, 6.45) is 6.68. The van der Waals surface area contributed by atoms with Crippen molar-refractivity contribution in [1.29, 1.82) is 0 Å². The fourth-order valence-corrected chi connectivity index (χ4v) is 2.72. The van der Waals surface area contributed by atoms with Crippen LogP contribution in [0, 0.1) is 11.8 Å². The van der Waals surface area contributed by atoms with Gasteiger partial charge in [0.2, 0.25) is 0 Å². The normalized spacial score (nSPS) is 17.3. The minimum absolute atomic E-state index is 0.506. The Labute approximate surface area is 132 Å². The maximum atomic E-state index is 6.02. The molecule has 3 nitrogen and oxygen atoms in total. The molecule has 1 saturated heterocycles. The molecule has 0 spiro atoms. The molecule has 0 radical (unpaired) electrons. The number of nitrogens with zero attached hydrogens (tertiary/aromatic N) is 1. The molecule has 0 unspecified atom stereocenters. The summed E-state index contributed by atoms with van der Waals surface area (Å²) >= 11 is 0. The van der Waals surface area contributed by atoms with Crippen LogP contribution in [0.2, 0.25) is 0 Å². The van der Waals surface area contributed by atoms with Gasteiger partial charge in [0.15, 0.2) is 0 Å². The fourth-order valence-electron chi connectivity index (χ4n) is 2.72. The van der Waals surface area contributed by atoms with E-state index in [0.717, 1.165) is 31.5 Å². The molecule has 21 heavy (non-hydrogen) atoms. The standard InChI is InChI=1S/C18H38N2O/c1-16(2)8-13-20(14-9-17(3)4)12-5-15-21-18-6-10-19-11-7-18/h16-19H,5-15H2,1-4H3. The second-order valence-corrected chi connectivity index (χ2v) is 7.38. The predicted molar refractivity (Wildman–Crippen MR) is 91.8 cm³/mol. The lowest BCUT2D eigenvalue weighted by molar-refractivity contribution is 0.0274. The van der Waals surface area contributed by atoms with E-state index >= 15 is 0 Å². The molecule has 3 heteroatoms. The second-order valence-electron chi connectivity index (χ2n) is 7.38. The molecule has 1 fully saturated rings. The van der Waals surface area contributed by atoms with Gasteiger partial charge >= 0.3 is 0 Å². The van der Waals surface area contributed by atoms with Crippen molar-refractivity contribution < 1.29 is 4.74 Å². The smallest absolute Gasteiger partial charge is 0.0599 e. The summed E-state index contributed by atoms with van der Waals surface area (Å²) in [5, 5.41) is 3.39. The Morgan fingerprint density at radius 1 is 0.952 bits per heavy atom. The predicted octanol–water partition coefficient (Wildman–Crippen LogP) is 3.54. The highest BCUT2D eigenvalue weighted by molar-refractivity contribution is 4.68. The van der Waals surface area contributed by atoms with Crippen LogP contribution in [0.4, 0.5) is 0 Å². The van der Waals surface area contributed by atoms with Crippen molar-refractivity contribution in [2.45, 2.75) is 65.9 Å². The number of hydrogen-bond donors (Lipinski definition) is 1. The molecular weight excluding hydrogens is 260 g/mol. The minimum atomic E-state index is 0.506. The van der Waals surface area contributed by atoms with E-state index in [-0.39, 0.29) is 0 Å². The first-order chi connectivity index (χ1) is 10.1. The Hall–Kier alpha value is -0.120. The Bertz CT molecular complexity index is 225. The highest BCUT2D eigenvalue weighted by Gasteiger charge is 2.13. The fraction of sp³-hybridized carbons (Fsp3) is 1.00. The third kappa shape index (κ3) is 10.3. The molecule has 0 bridgehead atoms. The highest BCUT2D eigenvalue weighted by atomic mass is 16.5. The zero-order valence-electron chi connectivity index (χ0n) is 14.9. The summed E-state index contributed by atoms with van der Waals surface area (Å²) in [7, 11) is 0. The van der Waals surface area contributed by atoms with Crippen molar-refractivity contribution in [3.8, 4) is 0 Å². The molecule has 1 N–H and O–H groups in total. The molecule has 0 aromatic rings. The van der Waals surface area contributed by atoms with Crippen molar-refractivity contribution in [2.75, 3.05) is 39.3 Å². The van der Waals surface area contributed by atoms with Crippen LogP contribution in [0.25, 0.3) is 0 Å². The lowest BCUT2D eigenvalue weighted by Crippen LogP contribution is -2.33. The van der Waals surface area contributed by atoms with Crippen molar-refractivity contribution in [3.05, 3.63) is 0 Å². The van der Waals surface area contributed by atoms with E-state index in [1.807, 2.05) is 0 Å². The molecule has 0 aromatic carbocycles. The molecule has 0 saturated carbocycles. The lowest BCUT2D eigenvalue weighted by Gasteiger charge is -2.26. The molecule has 0 atom stereocenters. The number of ether oxygens (including phenoxy) is 1. The summed E-state index contributed by atoms with van der Waals surface area (Å²) < 4.78 is 6.02. The van der Waals surface area contributed by atoms with Crippen molar-refractivity contribution >= 4 is 0 Å². The van der Waals surface area contributed by atoms with Crippen LogP contribution >= 0.6 is 0 Å². The third-order valence-electron chi connectivity index (χ3n) is 4.30. The first kappa shape index (κ1) is 18.9. The van der Waals surface area contributed by atoms with Gasteiger partial charge in [0.1, 0.15) is 0 Å². The molecule has 1 aliphatic rings. The van der Waals surface area contributed by atoms with Gasteiger partial charge in [-0.3, -0.25) is 0 Å². The number of rotatable bonds is 11. The van der Waals surface area contributed by atoms with Gasteiger partial charge in [0.25, 0.3) is 0 Å². The molecular formula is C18H38N2O. The summed E-state index contributed by atoms with van der Waals surface area (Å²) in [6.45, 7) is 16.2. The van der Waals surface area contributed by atoms with E-state index in [1.54, 1.807) is 0 Å². The second kappa shape index (κ2) is 11.4. The molecule has 126 valence electrons. The van der Waals surface area contributed by atoms with E-state index in [0.29, 0.717) is 6.10 Å². The quantitative estimate of drug-likeness (QED) is 0.591. The topological polar surface area (TPSA) is 24.5 Å². The van der Waals surface area contributed by atoms with Gasteiger partial charge in [-0.2, -0.15) is 0 Å². The highest BCUT2D eigenvalue weighted by Crippen LogP contribution is 2.09. The van der Waals surface area contributed by atoms with Gasteiger partial charge < -0.3 is 15.0 Å². The Balaban J connectivity index is 2.14. The SMILES string of the molecule is CC(C)CCN(CCCOC1CCNCC1)CCC(C)C. The first-order valence-electron chi connectivity index (χ1n) is 9.12. The van der Waals surface area contributed by atoms with Gasteiger partial charge in [-0.1, -0.05) is 27.7 Å². The van der Waals surface area contributed by atoms with Crippen LogP contribution in [0.1, 0.15) is 59.8 Å². The summed E-state index contributed by atoms with van der Waals surface area (Å²) in [4.78, 5) is 2.64. The molecule has 1 rings (SSSR count). The van der Waals surface area contributed by atoms with Gasteiger partial charge in [0.05, 0.1) is 6.10 Å². The van der Waals surface area contributed by atoms with Gasteiger partial charge in [-0.05, 0) is 70.1 Å². The molecule has 0 aliphatic carbocycles. The summed E-state index contributed by atoms with van der Waals surface area (Å²) in [6, 6.07) is 0. The number of piperidine rings is 1. The zero-order valence-corrected chi connectivity index (χ0v) is 14.9. The van der Waals surface area contributed by atoms with Crippen LogP contribution in [0.5, 0.6) is 0 Å². The molecule has 0 amide bonds. The Morgan fingerprint density at radius 3 is 2.05 bits per heavy atom. The first-order valence-corrected chi connectivity index (χ1v) is 9.12. The van der Waals surface area contributed by atoms with Crippen LogP contribution < -0.4 is 5.32 Å². The Morgan fingerprint density at radius 2 is 1.52 bits per heavy atom. The van der Waals surface area contributed by atoms with E-state index in [9.17, 15) is 0 Å². The molecule has 0 aromatic heterocycles. The van der Waals surface area contributed by atoms with Crippen LogP contribution in [0.15, 0.2) is 0 Å². The zero-order chi connectivity index (χ0) is 15.5. The van der Waals surface area contributed by atoms with Crippen molar-refractivity contribution in [1.82, 2.24) is 10.2 Å². The third-order valence-corrected chi connectivity index (χ3v) is 4.30.